The topological polar surface area (TPSA) is 197 Å². The number of aromatic nitrogens is 1. The van der Waals surface area contributed by atoms with Crippen molar-refractivity contribution in [1.29, 1.82) is 0 Å². The molecule has 16 heteroatoms. The average molecular weight is 817 g/mol. The molecular formula is C42H33FN6O7S2. The summed E-state index contributed by atoms with van der Waals surface area (Å²) >= 11 is 2.21. The van der Waals surface area contributed by atoms with Crippen LogP contribution >= 0.6 is 23.1 Å². The highest BCUT2D eigenvalue weighted by molar-refractivity contribution is 8.00. The first kappa shape index (κ1) is 38.1. The molecule has 13 nitrogen and oxygen atoms in total. The first-order chi connectivity index (χ1) is 28.1. The number of nitrogens with two attached hydrogens (primary N) is 1. The van der Waals surface area contributed by atoms with Crippen LogP contribution in [-0.4, -0.2) is 73.2 Å². The van der Waals surface area contributed by atoms with Crippen molar-refractivity contribution in [3.63, 3.8) is 0 Å². The molecule has 3 amide bonds. The Hall–Kier alpha value is -6.78. The summed E-state index contributed by atoms with van der Waals surface area (Å²) in [5.74, 6) is -5.38. The Labute approximate surface area is 338 Å². The van der Waals surface area contributed by atoms with Gasteiger partial charge in [-0.3, -0.25) is 19.3 Å². The molecule has 6 N–H and O–H groups in total. The lowest BCUT2D eigenvalue weighted by molar-refractivity contribution is -0.150. The number of para-hydroxylation sites is 1. The standard InChI is InChI=1S/C42H33FN6O7S2/c43-29-18-10-17-26(35(29)50)31(27-19-20-45-36(27)51)28-21-57-39-33(38(53)49(39)34(28)40(54)55)47-37(52)32(30-22-58-41(44)46-30)48-56-42(23-11-4-1-5-12-23,24-13-6-2-7-14-24)25-15-8-3-9-16-25/h1-18,22,33,39,50H,19-21H2,(H2,44,46)(H,45,51)(H,47,52)(H,54,55)/t33-,39-/m1/s1. The lowest BCUT2D eigenvalue weighted by Crippen LogP contribution is -2.71. The number of aliphatic carboxylic acids is 1. The van der Waals surface area contributed by atoms with E-state index in [1.54, 1.807) is 0 Å². The van der Waals surface area contributed by atoms with E-state index < -0.39 is 58.0 Å². The maximum atomic E-state index is 14.7. The molecule has 0 saturated carbocycles. The number of anilines is 1. The van der Waals surface area contributed by atoms with E-state index in [1.165, 1.54) is 17.5 Å². The highest BCUT2D eigenvalue weighted by Gasteiger charge is 2.55. The summed E-state index contributed by atoms with van der Waals surface area (Å²) in [5.41, 5.74) is 6.24. The number of carbonyl (C=O) groups excluding carboxylic acids is 3. The van der Waals surface area contributed by atoms with Crippen molar-refractivity contribution in [2.45, 2.75) is 23.4 Å². The number of β-lactam (4-membered cyclic amide) rings is 1. The van der Waals surface area contributed by atoms with E-state index in [9.17, 15) is 33.8 Å². The van der Waals surface area contributed by atoms with Crippen LogP contribution in [0.1, 0.15) is 34.4 Å². The molecule has 0 aliphatic carbocycles. The third-order valence-electron chi connectivity index (χ3n) is 10.0. The molecule has 5 aromatic rings. The van der Waals surface area contributed by atoms with Gasteiger partial charge in [-0.05, 0) is 12.5 Å². The second kappa shape index (κ2) is 15.6. The zero-order valence-electron chi connectivity index (χ0n) is 30.3. The molecular weight excluding hydrogens is 784 g/mol. The smallest absolute Gasteiger partial charge is 0.352 e. The van der Waals surface area contributed by atoms with Crippen LogP contribution in [0.3, 0.4) is 0 Å². The number of oxime groups is 1. The van der Waals surface area contributed by atoms with Crippen molar-refractivity contribution >= 4 is 63.2 Å². The molecule has 2 fully saturated rings. The van der Waals surface area contributed by atoms with Crippen molar-refractivity contribution in [2.75, 3.05) is 18.0 Å². The van der Waals surface area contributed by atoms with Gasteiger partial charge >= 0.3 is 5.97 Å². The van der Waals surface area contributed by atoms with Gasteiger partial charge in [-0.25, -0.2) is 14.2 Å². The van der Waals surface area contributed by atoms with Gasteiger partial charge in [0.1, 0.15) is 22.8 Å². The van der Waals surface area contributed by atoms with Crippen LogP contribution in [0.25, 0.3) is 5.57 Å². The van der Waals surface area contributed by atoms with Gasteiger partial charge in [-0.15, -0.1) is 23.1 Å². The summed E-state index contributed by atoms with van der Waals surface area (Å²) in [4.78, 5) is 66.2. The van der Waals surface area contributed by atoms with Crippen LogP contribution in [0.4, 0.5) is 9.52 Å². The van der Waals surface area contributed by atoms with Crippen molar-refractivity contribution in [3.05, 3.63) is 165 Å². The number of allylic oxidation sites excluding steroid dienone is 1. The third kappa shape index (κ3) is 6.65. The molecule has 0 radical (unpaired) electrons. The Morgan fingerprint density at radius 3 is 2.10 bits per heavy atom. The number of hydrogen-bond acceptors (Lipinski definition) is 11. The summed E-state index contributed by atoms with van der Waals surface area (Å²) < 4.78 is 14.7. The highest BCUT2D eigenvalue weighted by atomic mass is 32.2. The monoisotopic (exact) mass is 816 g/mol. The van der Waals surface area contributed by atoms with E-state index in [-0.39, 0.29) is 57.5 Å². The summed E-state index contributed by atoms with van der Waals surface area (Å²) in [7, 11) is 0. The summed E-state index contributed by atoms with van der Waals surface area (Å²) in [6.07, 6.45) is 0.173. The number of hydrogen-bond donors (Lipinski definition) is 5. The summed E-state index contributed by atoms with van der Waals surface area (Å²) in [5, 5.41) is 32.0. The molecule has 4 heterocycles. The van der Waals surface area contributed by atoms with E-state index >= 15 is 0 Å². The molecule has 0 bridgehead atoms. The van der Waals surface area contributed by atoms with Crippen LogP contribution in [0.2, 0.25) is 0 Å². The molecule has 3 aliphatic heterocycles. The number of aromatic hydroxyl groups is 1. The summed E-state index contributed by atoms with van der Waals surface area (Å²) in [6, 6.07) is 30.6. The van der Waals surface area contributed by atoms with Gasteiger partial charge in [0.15, 0.2) is 22.4 Å². The van der Waals surface area contributed by atoms with Crippen LogP contribution in [0, 0.1) is 5.82 Å². The maximum Gasteiger partial charge on any atom is 0.352 e. The van der Waals surface area contributed by atoms with Crippen molar-refractivity contribution in [3.8, 4) is 5.75 Å². The quantitative estimate of drug-likeness (QED) is 0.0398. The number of nitrogens with one attached hydrogen (secondary N) is 2. The number of phenolic OH excluding ortho intramolecular Hbond substituents is 1. The number of phenols is 1. The van der Waals surface area contributed by atoms with E-state index in [1.807, 2.05) is 91.0 Å². The number of benzene rings is 4. The first-order valence-electron chi connectivity index (χ1n) is 18.0. The number of amides is 3. The van der Waals surface area contributed by atoms with E-state index in [2.05, 4.69) is 20.8 Å². The fourth-order valence-electron chi connectivity index (χ4n) is 7.40. The van der Waals surface area contributed by atoms with Crippen LogP contribution in [0.15, 0.2) is 137 Å². The molecule has 0 unspecified atom stereocenters. The van der Waals surface area contributed by atoms with Gasteiger partial charge in [0.25, 0.3) is 11.8 Å². The SMILES string of the molecule is Nc1nc(C(=NOC(c2ccccc2)(c2ccccc2)c2ccccc2)C(=O)N[C@@H]2C(=O)N3C(C(=O)O)=C(C(=C4CCNC4=O)c4cccc(F)c4O)CS[C@H]23)cs1. The van der Waals surface area contributed by atoms with Crippen molar-refractivity contribution in [1.82, 2.24) is 20.5 Å². The number of rotatable bonds is 11. The second-order valence-electron chi connectivity index (χ2n) is 13.4. The Morgan fingerprint density at radius 2 is 1.57 bits per heavy atom. The number of nitrogen functional groups attached to an aromatic ring is 1. The first-order valence-corrected chi connectivity index (χ1v) is 19.9. The van der Waals surface area contributed by atoms with Gasteiger partial charge < -0.3 is 31.4 Å². The average Bonchev–Trinajstić information content (AvgIpc) is 3.88. The number of carboxylic acid groups (broad SMARTS) is 1. The molecule has 58 heavy (non-hydrogen) atoms. The summed E-state index contributed by atoms with van der Waals surface area (Å²) in [6.45, 7) is 0.247. The van der Waals surface area contributed by atoms with Crippen LogP contribution in [-0.2, 0) is 29.6 Å². The van der Waals surface area contributed by atoms with Crippen LogP contribution in [0.5, 0.6) is 5.75 Å². The molecule has 0 spiro atoms. The number of thiazole rings is 1. The Bertz CT molecular complexity index is 2450. The number of carbonyl (C=O) groups is 4. The largest absolute Gasteiger partial charge is 0.504 e. The normalized spacial score (nSPS) is 18.9. The Morgan fingerprint density at radius 1 is 0.948 bits per heavy atom. The van der Waals surface area contributed by atoms with Crippen molar-refractivity contribution < 1.29 is 38.6 Å². The third-order valence-corrected chi connectivity index (χ3v) is 12.0. The number of fused-ring (bicyclic) bond motifs is 1. The molecule has 2 saturated heterocycles. The predicted octanol–water partition coefficient (Wildman–Crippen LogP) is 5.00. The Kier molecular flexibility index (Phi) is 10.3. The number of nitrogens with zero attached hydrogens (tertiary/aromatic N) is 3. The maximum absolute atomic E-state index is 14.7. The minimum Gasteiger partial charge on any atom is -0.504 e. The lowest BCUT2D eigenvalue weighted by Gasteiger charge is -2.49. The van der Waals surface area contributed by atoms with Gasteiger partial charge in [-0.2, -0.15) is 0 Å². The lowest BCUT2D eigenvalue weighted by atomic mass is 9.80. The molecule has 292 valence electrons. The highest BCUT2D eigenvalue weighted by Crippen LogP contribution is 2.47. The van der Waals surface area contributed by atoms with Gasteiger partial charge in [0, 0.05) is 56.7 Å². The van der Waals surface area contributed by atoms with Gasteiger partial charge in [0.2, 0.25) is 11.5 Å². The molecule has 2 atom stereocenters. The van der Waals surface area contributed by atoms with Gasteiger partial charge in [-0.1, -0.05) is 108 Å². The van der Waals surface area contributed by atoms with E-state index in [0.29, 0.717) is 16.7 Å². The minimum atomic E-state index is -1.49. The number of halogens is 1. The molecule has 1 aromatic heterocycles. The van der Waals surface area contributed by atoms with Crippen molar-refractivity contribution in [2.24, 2.45) is 5.16 Å². The van der Waals surface area contributed by atoms with E-state index in [4.69, 9.17) is 10.6 Å². The fourth-order valence-corrected chi connectivity index (χ4v) is 9.30. The Balaban J connectivity index is 1.16. The van der Waals surface area contributed by atoms with E-state index in [0.717, 1.165) is 34.1 Å². The zero-order valence-corrected chi connectivity index (χ0v) is 31.9. The molecule has 8 rings (SSSR count). The van der Waals surface area contributed by atoms with Crippen LogP contribution < -0.4 is 16.4 Å². The second-order valence-corrected chi connectivity index (χ2v) is 15.4. The minimum absolute atomic E-state index is 0.0297. The molecule has 4 aromatic carbocycles. The molecule has 3 aliphatic rings. The number of carboxylic acids is 1. The van der Waals surface area contributed by atoms with Gasteiger partial charge in [0.05, 0.1) is 0 Å². The number of thioether (sulfide) groups is 1. The predicted molar refractivity (Wildman–Crippen MR) is 216 cm³/mol. The zero-order chi connectivity index (χ0) is 40.6. The fraction of sp³-hybridized carbons (Fsp3) is 0.143.